The van der Waals surface area contributed by atoms with Crippen molar-refractivity contribution >= 4 is 56.6 Å². The van der Waals surface area contributed by atoms with Gasteiger partial charge >= 0.3 is 0 Å². The van der Waals surface area contributed by atoms with Crippen LogP contribution in [0.2, 0.25) is 0 Å². The van der Waals surface area contributed by atoms with E-state index in [1.165, 1.54) is 18.3 Å². The van der Waals surface area contributed by atoms with Crippen LogP contribution in [-0.4, -0.2) is 33.6 Å². The van der Waals surface area contributed by atoms with Crippen molar-refractivity contribution in [2.45, 2.75) is 11.7 Å². The number of hydrogen-bond acceptors (Lipinski definition) is 6. The molecule has 0 radical (unpaired) electrons. The Bertz CT molecular complexity index is 913. The molecule has 1 heterocycles. The predicted molar refractivity (Wildman–Crippen MR) is 110 cm³/mol. The molecule has 1 aliphatic rings. The third kappa shape index (κ3) is 4.75. The minimum absolute atomic E-state index is 0.0530. The van der Waals surface area contributed by atoms with Gasteiger partial charge in [-0.15, -0.1) is 5.10 Å². The molecule has 0 spiro atoms. The molecule has 0 aliphatic carbocycles. The third-order valence-corrected chi connectivity index (χ3v) is 5.21. The molecule has 1 aliphatic heterocycles. The summed E-state index contributed by atoms with van der Waals surface area (Å²) in [6, 6.07) is 13.3. The predicted octanol–water partition coefficient (Wildman–Crippen LogP) is 2.87. The summed E-state index contributed by atoms with van der Waals surface area (Å²) in [5.41, 5.74) is 7.09. The summed E-state index contributed by atoms with van der Waals surface area (Å²) in [5, 5.41) is 16.4. The second-order valence-electron chi connectivity index (χ2n) is 5.63. The Labute approximate surface area is 168 Å². The van der Waals surface area contributed by atoms with Gasteiger partial charge in [0.2, 0.25) is 11.8 Å². The second-order valence-corrected chi connectivity index (χ2v) is 7.77. The van der Waals surface area contributed by atoms with Crippen LogP contribution in [0.25, 0.3) is 0 Å². The quantitative estimate of drug-likeness (QED) is 0.324. The van der Waals surface area contributed by atoms with Crippen LogP contribution in [0.4, 0.5) is 5.69 Å². The van der Waals surface area contributed by atoms with Gasteiger partial charge in [-0.2, -0.15) is 5.10 Å². The number of carbonyl (C=O) groups excluding carboxylic acids is 2. The number of amides is 2. The van der Waals surface area contributed by atoms with Crippen molar-refractivity contribution in [3.05, 3.63) is 58.6 Å². The lowest BCUT2D eigenvalue weighted by molar-refractivity contribution is -0.121. The molecule has 7 nitrogen and oxygen atoms in total. The zero-order valence-electron chi connectivity index (χ0n) is 13.9. The number of benzene rings is 2. The molecule has 0 bridgehead atoms. The maximum atomic E-state index is 12.6. The minimum Gasteiger partial charge on any atom is -0.508 e. The number of halogens is 1. The van der Waals surface area contributed by atoms with E-state index < -0.39 is 5.25 Å². The zero-order chi connectivity index (χ0) is 19.4. The normalized spacial score (nSPS) is 17.9. The Morgan fingerprint density at radius 1 is 1.19 bits per heavy atom. The standard InChI is InChI=1S/C18H15BrN4O3S/c19-12-3-5-13(6-4-12)23-16(25)9-15(17(23)26)27-18(20)22-21-10-11-1-7-14(24)8-2-11/h1-8,10,15,24H,9H2,(H2,20,22)/t15-/m1/s1. The molecule has 0 aromatic heterocycles. The van der Waals surface area contributed by atoms with Crippen LogP contribution < -0.4 is 10.6 Å². The lowest BCUT2D eigenvalue weighted by atomic mass is 10.2. The number of amidine groups is 1. The van der Waals surface area contributed by atoms with Crippen molar-refractivity contribution < 1.29 is 14.7 Å². The number of thioether (sulfide) groups is 1. The van der Waals surface area contributed by atoms with Crippen LogP contribution in [0.5, 0.6) is 5.75 Å². The lowest BCUT2D eigenvalue weighted by Crippen LogP contribution is -2.31. The van der Waals surface area contributed by atoms with Crippen molar-refractivity contribution in [3.8, 4) is 5.75 Å². The van der Waals surface area contributed by atoms with E-state index in [-0.39, 0.29) is 29.2 Å². The topological polar surface area (TPSA) is 108 Å². The largest absolute Gasteiger partial charge is 0.508 e. The Balaban J connectivity index is 1.64. The summed E-state index contributed by atoms with van der Waals surface area (Å²) in [7, 11) is 0. The van der Waals surface area contributed by atoms with Crippen molar-refractivity contribution in [2.24, 2.45) is 15.9 Å². The monoisotopic (exact) mass is 446 g/mol. The van der Waals surface area contributed by atoms with Gasteiger partial charge in [0.25, 0.3) is 0 Å². The Kier molecular flexibility index (Phi) is 5.92. The molecule has 0 saturated carbocycles. The fourth-order valence-electron chi connectivity index (χ4n) is 2.44. The number of anilines is 1. The van der Waals surface area contributed by atoms with E-state index in [2.05, 4.69) is 26.1 Å². The van der Waals surface area contributed by atoms with E-state index in [4.69, 9.17) is 5.73 Å². The SMILES string of the molecule is NC(=NN=Cc1ccc(O)cc1)S[C@@H]1CC(=O)N(c2ccc(Br)cc2)C1=O. The van der Waals surface area contributed by atoms with E-state index in [1.807, 2.05) is 0 Å². The number of phenols is 1. The van der Waals surface area contributed by atoms with E-state index in [0.29, 0.717) is 5.69 Å². The lowest BCUT2D eigenvalue weighted by Gasteiger charge is -2.14. The fraction of sp³-hybridized carbons (Fsp3) is 0.111. The molecule has 138 valence electrons. The van der Waals surface area contributed by atoms with Gasteiger partial charge in [0, 0.05) is 10.9 Å². The van der Waals surface area contributed by atoms with Gasteiger partial charge in [-0.1, -0.05) is 27.7 Å². The maximum Gasteiger partial charge on any atom is 0.247 e. The van der Waals surface area contributed by atoms with Gasteiger partial charge in [0.05, 0.1) is 11.9 Å². The Morgan fingerprint density at radius 3 is 2.52 bits per heavy atom. The van der Waals surface area contributed by atoms with E-state index in [9.17, 15) is 14.7 Å². The molecule has 1 fully saturated rings. The smallest absolute Gasteiger partial charge is 0.247 e. The first-order valence-corrected chi connectivity index (χ1v) is 9.56. The van der Waals surface area contributed by atoms with Crippen molar-refractivity contribution in [1.82, 2.24) is 0 Å². The second kappa shape index (κ2) is 8.36. The summed E-state index contributed by atoms with van der Waals surface area (Å²) in [5.74, 6) is -0.446. The number of imide groups is 1. The molecule has 3 rings (SSSR count). The van der Waals surface area contributed by atoms with E-state index in [1.54, 1.807) is 36.4 Å². The Morgan fingerprint density at radius 2 is 1.85 bits per heavy atom. The van der Waals surface area contributed by atoms with Crippen molar-refractivity contribution in [1.29, 1.82) is 0 Å². The highest BCUT2D eigenvalue weighted by Gasteiger charge is 2.40. The summed E-state index contributed by atoms with van der Waals surface area (Å²) in [4.78, 5) is 26.0. The molecule has 3 N–H and O–H groups in total. The molecule has 2 amide bonds. The van der Waals surface area contributed by atoms with Crippen LogP contribution in [0.15, 0.2) is 63.2 Å². The molecule has 1 saturated heterocycles. The molecule has 2 aromatic rings. The van der Waals surface area contributed by atoms with Gasteiger partial charge < -0.3 is 10.8 Å². The van der Waals surface area contributed by atoms with E-state index in [0.717, 1.165) is 26.7 Å². The van der Waals surface area contributed by atoms with Crippen LogP contribution in [0.3, 0.4) is 0 Å². The Hall–Kier alpha value is -2.65. The number of rotatable bonds is 4. The highest BCUT2D eigenvalue weighted by atomic mass is 79.9. The molecular weight excluding hydrogens is 432 g/mol. The van der Waals surface area contributed by atoms with Gasteiger partial charge in [0.15, 0.2) is 5.17 Å². The number of phenolic OH excluding ortho intramolecular Hbond substituents is 1. The van der Waals surface area contributed by atoms with Crippen LogP contribution in [-0.2, 0) is 9.59 Å². The number of nitrogens with two attached hydrogens (primary N) is 1. The van der Waals surface area contributed by atoms with Crippen LogP contribution >= 0.6 is 27.7 Å². The number of carbonyl (C=O) groups is 2. The van der Waals surface area contributed by atoms with Crippen molar-refractivity contribution in [3.63, 3.8) is 0 Å². The van der Waals surface area contributed by atoms with Gasteiger partial charge in [-0.05, 0) is 54.1 Å². The summed E-state index contributed by atoms with van der Waals surface area (Å²) in [6.45, 7) is 0. The first kappa shape index (κ1) is 19.1. The first-order chi connectivity index (χ1) is 12.9. The van der Waals surface area contributed by atoms with Crippen molar-refractivity contribution in [2.75, 3.05) is 4.90 Å². The average molecular weight is 447 g/mol. The molecule has 27 heavy (non-hydrogen) atoms. The van der Waals surface area contributed by atoms with Crippen LogP contribution in [0.1, 0.15) is 12.0 Å². The molecule has 0 unspecified atom stereocenters. The first-order valence-electron chi connectivity index (χ1n) is 7.88. The molecule has 9 heteroatoms. The third-order valence-electron chi connectivity index (χ3n) is 3.71. The van der Waals surface area contributed by atoms with Gasteiger partial charge in [-0.25, -0.2) is 4.90 Å². The highest BCUT2D eigenvalue weighted by molar-refractivity contribution is 9.10. The molecular formula is C18H15BrN4O3S. The maximum absolute atomic E-state index is 12.6. The van der Waals surface area contributed by atoms with E-state index >= 15 is 0 Å². The zero-order valence-corrected chi connectivity index (χ0v) is 16.4. The average Bonchev–Trinajstić information content (AvgIpc) is 2.91. The number of hydrogen-bond donors (Lipinski definition) is 2. The fourth-order valence-corrected chi connectivity index (χ4v) is 3.52. The number of nitrogens with zero attached hydrogens (tertiary/aromatic N) is 3. The molecule has 1 atom stereocenters. The van der Waals surface area contributed by atoms with Gasteiger partial charge in [-0.3, -0.25) is 9.59 Å². The summed E-state index contributed by atoms with van der Waals surface area (Å²) >= 11 is 4.33. The minimum atomic E-state index is -0.631. The number of aromatic hydroxyl groups is 1. The van der Waals surface area contributed by atoms with Crippen LogP contribution in [0, 0.1) is 0 Å². The van der Waals surface area contributed by atoms with Gasteiger partial charge in [0.1, 0.15) is 11.0 Å². The summed E-state index contributed by atoms with van der Waals surface area (Å²) < 4.78 is 0.860. The highest BCUT2D eigenvalue weighted by Crippen LogP contribution is 2.30. The summed E-state index contributed by atoms with van der Waals surface area (Å²) in [6.07, 6.45) is 1.53. The molecule has 2 aromatic carbocycles.